The number of aryl methyl sites for hydroxylation is 1. The lowest BCUT2D eigenvalue weighted by molar-refractivity contribution is -0.121. The molecule has 1 saturated heterocycles. The molecule has 0 bridgehead atoms. The summed E-state index contributed by atoms with van der Waals surface area (Å²) in [7, 11) is 0. The van der Waals surface area contributed by atoms with Crippen LogP contribution in [-0.4, -0.2) is 31.3 Å². The lowest BCUT2D eigenvalue weighted by Gasteiger charge is -2.34. The molecule has 0 radical (unpaired) electrons. The Labute approximate surface area is 141 Å². The highest BCUT2D eigenvalue weighted by Gasteiger charge is 2.31. The van der Waals surface area contributed by atoms with E-state index in [1.807, 2.05) is 0 Å². The van der Waals surface area contributed by atoms with Crippen LogP contribution in [0.2, 0.25) is 0 Å². The molecule has 3 nitrogen and oxygen atoms in total. The van der Waals surface area contributed by atoms with E-state index in [2.05, 4.69) is 29.0 Å². The molecule has 1 aromatic heterocycles. The third kappa shape index (κ3) is 3.95. The van der Waals surface area contributed by atoms with Gasteiger partial charge in [-0.1, -0.05) is 6.92 Å². The van der Waals surface area contributed by atoms with E-state index in [1.54, 1.807) is 23.1 Å². The minimum Gasteiger partial charge on any atom is -0.354 e. The Hall–Kier alpha value is -0.230. The van der Waals surface area contributed by atoms with Gasteiger partial charge in [0.2, 0.25) is 5.91 Å². The van der Waals surface area contributed by atoms with Crippen molar-refractivity contribution in [1.29, 1.82) is 0 Å². The first-order chi connectivity index (χ1) is 9.68. The van der Waals surface area contributed by atoms with Gasteiger partial charge in [-0.2, -0.15) is 0 Å². The third-order valence-electron chi connectivity index (χ3n) is 4.41. The van der Waals surface area contributed by atoms with E-state index in [1.165, 1.54) is 10.4 Å². The number of thiophene rings is 1. The molecule has 2 aliphatic rings. The number of nitrogens with one attached hydrogen (secondary N) is 2. The summed E-state index contributed by atoms with van der Waals surface area (Å²) in [6.45, 7) is 5.24. The molecule has 6 heteroatoms. The Kier molecular flexibility index (Phi) is 6.00. The molecule has 0 spiro atoms. The Morgan fingerprint density at radius 1 is 1.48 bits per heavy atom. The SMILES string of the molecule is CC1(CNC(=O)C2SCCc3sccc32)CCNCC1.Cl. The molecule has 118 valence electrons. The zero-order valence-electron chi connectivity index (χ0n) is 12.3. The predicted octanol–water partition coefficient (Wildman–Crippen LogP) is 3.01. The molecule has 1 fully saturated rings. The maximum atomic E-state index is 12.5. The number of hydrogen-bond acceptors (Lipinski definition) is 4. The molecule has 0 aliphatic carbocycles. The molecule has 1 atom stereocenters. The number of piperidine rings is 1. The zero-order valence-corrected chi connectivity index (χ0v) is 14.8. The fourth-order valence-corrected chi connectivity index (χ4v) is 5.28. The van der Waals surface area contributed by atoms with Gasteiger partial charge in [0.05, 0.1) is 0 Å². The van der Waals surface area contributed by atoms with Crippen LogP contribution in [0.3, 0.4) is 0 Å². The van der Waals surface area contributed by atoms with E-state index in [0.29, 0.717) is 0 Å². The molecule has 0 aromatic carbocycles. The van der Waals surface area contributed by atoms with Crippen molar-refractivity contribution in [3.63, 3.8) is 0 Å². The fraction of sp³-hybridized carbons (Fsp3) is 0.667. The summed E-state index contributed by atoms with van der Waals surface area (Å²) in [4.78, 5) is 13.9. The second-order valence-electron chi connectivity index (χ2n) is 6.08. The van der Waals surface area contributed by atoms with Crippen molar-refractivity contribution >= 4 is 41.4 Å². The van der Waals surface area contributed by atoms with Gasteiger partial charge in [-0.15, -0.1) is 35.5 Å². The van der Waals surface area contributed by atoms with Crippen LogP contribution in [0.25, 0.3) is 0 Å². The van der Waals surface area contributed by atoms with Gasteiger partial charge in [-0.05, 0) is 60.5 Å². The summed E-state index contributed by atoms with van der Waals surface area (Å²) in [6.07, 6.45) is 3.41. The topological polar surface area (TPSA) is 41.1 Å². The summed E-state index contributed by atoms with van der Waals surface area (Å²) in [6, 6.07) is 2.13. The maximum absolute atomic E-state index is 12.5. The monoisotopic (exact) mass is 346 g/mol. The molecule has 3 rings (SSSR count). The fourth-order valence-electron chi connectivity index (χ4n) is 2.96. The summed E-state index contributed by atoms with van der Waals surface area (Å²) in [5.74, 6) is 1.27. The molecular formula is C15H23ClN2OS2. The predicted molar refractivity (Wildman–Crippen MR) is 93.7 cm³/mol. The van der Waals surface area contributed by atoms with Crippen molar-refractivity contribution in [3.8, 4) is 0 Å². The number of thioether (sulfide) groups is 1. The largest absolute Gasteiger partial charge is 0.354 e. The normalized spacial score (nSPS) is 23.8. The molecule has 21 heavy (non-hydrogen) atoms. The van der Waals surface area contributed by atoms with Gasteiger partial charge >= 0.3 is 0 Å². The lowest BCUT2D eigenvalue weighted by Crippen LogP contribution is -2.43. The van der Waals surface area contributed by atoms with Crippen LogP contribution in [0.4, 0.5) is 0 Å². The molecule has 1 aromatic rings. The van der Waals surface area contributed by atoms with Crippen molar-refractivity contribution < 1.29 is 4.79 Å². The Balaban J connectivity index is 0.00000161. The number of amides is 1. The van der Waals surface area contributed by atoms with E-state index in [9.17, 15) is 4.79 Å². The van der Waals surface area contributed by atoms with Gasteiger partial charge in [-0.3, -0.25) is 4.79 Å². The van der Waals surface area contributed by atoms with Crippen LogP contribution < -0.4 is 10.6 Å². The number of hydrogen-bond donors (Lipinski definition) is 2. The first-order valence-electron chi connectivity index (χ1n) is 7.34. The van der Waals surface area contributed by atoms with Crippen molar-refractivity contribution in [2.24, 2.45) is 5.41 Å². The average Bonchev–Trinajstić information content (AvgIpc) is 2.94. The van der Waals surface area contributed by atoms with Gasteiger partial charge in [0.15, 0.2) is 0 Å². The number of rotatable bonds is 3. The van der Waals surface area contributed by atoms with E-state index in [4.69, 9.17) is 0 Å². The van der Waals surface area contributed by atoms with Crippen LogP contribution in [-0.2, 0) is 11.2 Å². The maximum Gasteiger partial charge on any atom is 0.237 e. The number of carbonyl (C=O) groups is 1. The molecular weight excluding hydrogens is 324 g/mol. The van der Waals surface area contributed by atoms with Gasteiger partial charge in [0, 0.05) is 11.4 Å². The summed E-state index contributed by atoms with van der Waals surface area (Å²) in [5.41, 5.74) is 1.51. The Bertz CT molecular complexity index is 486. The van der Waals surface area contributed by atoms with Gasteiger partial charge in [-0.25, -0.2) is 0 Å². The van der Waals surface area contributed by atoms with E-state index in [0.717, 1.165) is 44.6 Å². The molecule has 1 unspecified atom stereocenters. The van der Waals surface area contributed by atoms with Gasteiger partial charge in [0.25, 0.3) is 0 Å². The van der Waals surface area contributed by atoms with E-state index >= 15 is 0 Å². The molecule has 3 heterocycles. The van der Waals surface area contributed by atoms with Crippen molar-refractivity contribution in [1.82, 2.24) is 10.6 Å². The minimum atomic E-state index is 0. The second kappa shape index (κ2) is 7.36. The van der Waals surface area contributed by atoms with Crippen molar-refractivity contribution in [2.75, 3.05) is 25.4 Å². The van der Waals surface area contributed by atoms with Crippen LogP contribution in [0.15, 0.2) is 11.4 Å². The highest BCUT2D eigenvalue weighted by atomic mass is 35.5. The Morgan fingerprint density at radius 2 is 2.24 bits per heavy atom. The van der Waals surface area contributed by atoms with Crippen molar-refractivity contribution in [3.05, 3.63) is 21.9 Å². The lowest BCUT2D eigenvalue weighted by atomic mass is 9.81. The first-order valence-corrected chi connectivity index (χ1v) is 9.27. The van der Waals surface area contributed by atoms with Crippen LogP contribution >= 0.6 is 35.5 Å². The first kappa shape index (κ1) is 17.1. The number of carbonyl (C=O) groups excluding carboxylic acids is 1. The summed E-state index contributed by atoms with van der Waals surface area (Å²) in [5, 5.41) is 8.72. The van der Waals surface area contributed by atoms with E-state index < -0.39 is 0 Å². The minimum absolute atomic E-state index is 0. The summed E-state index contributed by atoms with van der Waals surface area (Å²) < 4.78 is 0. The summed E-state index contributed by atoms with van der Waals surface area (Å²) >= 11 is 3.58. The number of halogens is 1. The molecule has 2 N–H and O–H groups in total. The molecule has 1 amide bonds. The average molecular weight is 347 g/mol. The quantitative estimate of drug-likeness (QED) is 0.884. The van der Waals surface area contributed by atoms with Gasteiger partial charge < -0.3 is 10.6 Å². The van der Waals surface area contributed by atoms with Crippen molar-refractivity contribution in [2.45, 2.75) is 31.4 Å². The van der Waals surface area contributed by atoms with Gasteiger partial charge in [0.1, 0.15) is 5.25 Å². The number of fused-ring (bicyclic) bond motifs is 1. The molecule has 2 aliphatic heterocycles. The highest BCUT2D eigenvalue weighted by Crippen LogP contribution is 2.39. The van der Waals surface area contributed by atoms with Crippen LogP contribution in [0.5, 0.6) is 0 Å². The standard InChI is InChI=1S/C15H22N2OS2.ClH/c1-15(4-6-16-7-5-15)10-17-14(18)13-11-2-8-19-12(11)3-9-20-13;/h2,8,13,16H,3-7,9-10H2,1H3,(H,17,18);1H. The third-order valence-corrected chi connectivity index (χ3v) is 6.65. The van der Waals surface area contributed by atoms with E-state index in [-0.39, 0.29) is 29.0 Å². The second-order valence-corrected chi connectivity index (χ2v) is 8.29. The zero-order chi connectivity index (χ0) is 14.0. The smallest absolute Gasteiger partial charge is 0.237 e. The highest BCUT2D eigenvalue weighted by molar-refractivity contribution is 8.00. The van der Waals surface area contributed by atoms with Crippen LogP contribution in [0.1, 0.15) is 35.5 Å². The molecule has 0 saturated carbocycles. The van der Waals surface area contributed by atoms with Crippen LogP contribution in [0, 0.1) is 5.41 Å². The Morgan fingerprint density at radius 3 is 3.00 bits per heavy atom.